The van der Waals surface area contributed by atoms with E-state index in [1.165, 1.54) is 23.6 Å². The van der Waals surface area contributed by atoms with Crippen LogP contribution in [0.15, 0.2) is 37.6 Å². The number of halogens is 2. The highest BCUT2D eigenvalue weighted by atomic mass is 79.9. The average Bonchev–Trinajstić information content (AvgIpc) is 2.74. The molecule has 0 spiro atoms. The number of aromatic nitrogens is 1. The molecule has 2 N–H and O–H groups in total. The fraction of sp³-hybridized carbons (Fsp3) is 0.100. The van der Waals surface area contributed by atoms with Gasteiger partial charge in [-0.05, 0) is 50.1 Å². The van der Waals surface area contributed by atoms with E-state index in [1.54, 1.807) is 12.1 Å². The lowest BCUT2D eigenvalue weighted by atomic mass is 10.5. The van der Waals surface area contributed by atoms with Crippen LogP contribution in [0.25, 0.3) is 0 Å². The van der Waals surface area contributed by atoms with Crippen LogP contribution in [-0.4, -0.2) is 18.5 Å². The van der Waals surface area contributed by atoms with Gasteiger partial charge in [-0.3, -0.25) is 4.72 Å². The Morgan fingerprint density at radius 3 is 2.74 bits per heavy atom. The molecule has 2 aromatic rings. The quantitative estimate of drug-likeness (QED) is 0.785. The lowest BCUT2D eigenvalue weighted by Gasteiger charge is -2.07. The lowest BCUT2D eigenvalue weighted by Crippen LogP contribution is -2.14. The Morgan fingerprint density at radius 2 is 2.16 bits per heavy atom. The minimum Gasteiger partial charge on any atom is -0.391 e. The molecule has 0 aliphatic rings. The summed E-state index contributed by atoms with van der Waals surface area (Å²) in [6.07, 6.45) is 1.49. The number of aliphatic hydroxyl groups is 1. The zero-order valence-electron chi connectivity index (χ0n) is 9.30. The molecular weight excluding hydrogens is 420 g/mol. The molecule has 0 aliphatic heterocycles. The first kappa shape index (κ1) is 14.9. The fourth-order valence-electron chi connectivity index (χ4n) is 1.30. The first-order chi connectivity index (χ1) is 8.94. The van der Waals surface area contributed by atoms with Crippen LogP contribution < -0.4 is 4.72 Å². The third-order valence-corrected chi connectivity index (χ3v) is 6.36. The van der Waals surface area contributed by atoms with Crippen LogP contribution in [0, 0.1) is 0 Å². The van der Waals surface area contributed by atoms with Crippen LogP contribution in [0.3, 0.4) is 0 Å². The summed E-state index contributed by atoms with van der Waals surface area (Å²) in [6.45, 7) is -0.202. The molecule has 2 aromatic heterocycles. The van der Waals surface area contributed by atoms with Crippen LogP contribution >= 0.6 is 43.2 Å². The van der Waals surface area contributed by atoms with Gasteiger partial charge in [0.05, 0.1) is 14.9 Å². The topological polar surface area (TPSA) is 79.3 Å². The maximum Gasteiger partial charge on any atom is 0.265 e. The van der Waals surface area contributed by atoms with E-state index < -0.39 is 10.0 Å². The third-order valence-electron chi connectivity index (χ3n) is 2.14. The van der Waals surface area contributed by atoms with E-state index in [2.05, 4.69) is 41.6 Å². The SMILES string of the molecule is O=S(=O)(Nc1ncccc1Br)c1cc(CO)sc1Br. The Balaban J connectivity index is 2.38. The Bertz CT molecular complexity index is 701. The number of nitrogens with one attached hydrogen (secondary N) is 1. The Hall–Kier alpha value is -0.480. The van der Waals surface area contributed by atoms with Gasteiger partial charge in [0.25, 0.3) is 10.0 Å². The molecule has 2 rings (SSSR count). The van der Waals surface area contributed by atoms with E-state index in [4.69, 9.17) is 5.11 Å². The van der Waals surface area contributed by atoms with Gasteiger partial charge in [0.15, 0.2) is 5.82 Å². The van der Waals surface area contributed by atoms with Crippen molar-refractivity contribution in [1.29, 1.82) is 0 Å². The molecule has 102 valence electrons. The normalized spacial score (nSPS) is 11.5. The molecule has 0 bridgehead atoms. The van der Waals surface area contributed by atoms with Crippen LogP contribution in [0.2, 0.25) is 0 Å². The second kappa shape index (κ2) is 5.88. The number of pyridine rings is 1. The molecule has 0 unspecified atom stereocenters. The summed E-state index contributed by atoms with van der Waals surface area (Å²) < 4.78 is 27.8. The maximum atomic E-state index is 12.2. The summed E-state index contributed by atoms with van der Waals surface area (Å²) in [4.78, 5) is 4.59. The predicted molar refractivity (Wildman–Crippen MR) is 80.7 cm³/mol. The van der Waals surface area contributed by atoms with E-state index in [9.17, 15) is 8.42 Å². The molecule has 0 amide bonds. The smallest absolute Gasteiger partial charge is 0.265 e. The second-order valence-corrected chi connectivity index (χ2v) is 8.41. The van der Waals surface area contributed by atoms with Crippen LogP contribution in [0.4, 0.5) is 5.82 Å². The first-order valence-electron chi connectivity index (χ1n) is 4.96. The van der Waals surface area contributed by atoms with E-state index in [0.29, 0.717) is 13.1 Å². The third kappa shape index (κ3) is 3.34. The van der Waals surface area contributed by atoms with Crippen molar-refractivity contribution < 1.29 is 13.5 Å². The number of anilines is 1. The fourth-order valence-corrected chi connectivity index (χ4v) is 5.36. The van der Waals surface area contributed by atoms with E-state index in [-0.39, 0.29) is 17.3 Å². The van der Waals surface area contributed by atoms with Crippen molar-refractivity contribution in [2.24, 2.45) is 0 Å². The molecule has 5 nitrogen and oxygen atoms in total. The highest BCUT2D eigenvalue weighted by Gasteiger charge is 2.22. The minimum atomic E-state index is -3.75. The molecule has 9 heteroatoms. The zero-order valence-corrected chi connectivity index (χ0v) is 14.1. The number of rotatable bonds is 4. The average molecular weight is 428 g/mol. The highest BCUT2D eigenvalue weighted by molar-refractivity contribution is 9.11. The molecule has 0 atom stereocenters. The van der Waals surface area contributed by atoms with Crippen molar-refractivity contribution in [2.45, 2.75) is 11.5 Å². The molecule has 0 saturated heterocycles. The van der Waals surface area contributed by atoms with E-state index in [0.717, 1.165) is 0 Å². The van der Waals surface area contributed by atoms with Crippen molar-refractivity contribution in [3.63, 3.8) is 0 Å². The largest absolute Gasteiger partial charge is 0.391 e. The van der Waals surface area contributed by atoms with Crippen LogP contribution in [-0.2, 0) is 16.6 Å². The van der Waals surface area contributed by atoms with Crippen molar-refractivity contribution in [1.82, 2.24) is 4.98 Å². The summed E-state index contributed by atoms with van der Waals surface area (Å²) in [5, 5.41) is 9.03. The van der Waals surface area contributed by atoms with Crippen LogP contribution in [0.5, 0.6) is 0 Å². The molecular formula is C10H8Br2N2O3S2. The van der Waals surface area contributed by atoms with Crippen molar-refractivity contribution in [2.75, 3.05) is 4.72 Å². The maximum absolute atomic E-state index is 12.2. The summed E-state index contributed by atoms with van der Waals surface area (Å²) >= 11 is 7.57. The van der Waals surface area contributed by atoms with Gasteiger partial charge in [0, 0.05) is 11.1 Å². The van der Waals surface area contributed by atoms with Crippen molar-refractivity contribution in [3.8, 4) is 0 Å². The van der Waals surface area contributed by atoms with Gasteiger partial charge in [-0.25, -0.2) is 13.4 Å². The standard InChI is InChI=1S/C10H8Br2N2O3S2/c11-7-2-1-3-13-10(7)14-19(16,17)8-4-6(5-15)18-9(8)12/h1-4,15H,5H2,(H,13,14). The second-order valence-electron chi connectivity index (χ2n) is 3.45. The summed E-state index contributed by atoms with van der Waals surface area (Å²) in [6, 6.07) is 4.80. The Labute approximate surface area is 131 Å². The molecule has 0 fully saturated rings. The summed E-state index contributed by atoms with van der Waals surface area (Å²) in [5.74, 6) is 0.214. The zero-order chi connectivity index (χ0) is 14.0. The van der Waals surface area contributed by atoms with Gasteiger partial charge in [-0.1, -0.05) is 0 Å². The number of sulfonamides is 1. The lowest BCUT2D eigenvalue weighted by molar-refractivity contribution is 0.285. The number of nitrogens with zero attached hydrogens (tertiary/aromatic N) is 1. The minimum absolute atomic E-state index is 0.0825. The summed E-state index contributed by atoms with van der Waals surface area (Å²) in [7, 11) is -3.75. The molecule has 0 saturated carbocycles. The van der Waals surface area contributed by atoms with E-state index in [1.807, 2.05) is 0 Å². The van der Waals surface area contributed by atoms with Crippen molar-refractivity contribution >= 4 is 59.0 Å². The van der Waals surface area contributed by atoms with Crippen LogP contribution in [0.1, 0.15) is 4.88 Å². The summed E-state index contributed by atoms with van der Waals surface area (Å²) in [5.41, 5.74) is 0. The molecule has 2 heterocycles. The van der Waals surface area contributed by atoms with Gasteiger partial charge in [-0.2, -0.15) is 0 Å². The predicted octanol–water partition coefficient (Wildman–Crippen LogP) is 2.96. The number of hydrogen-bond acceptors (Lipinski definition) is 5. The number of thiophene rings is 1. The van der Waals surface area contributed by atoms with Gasteiger partial charge in [0.2, 0.25) is 0 Å². The highest BCUT2D eigenvalue weighted by Crippen LogP contribution is 2.33. The molecule has 0 radical (unpaired) electrons. The number of aliphatic hydroxyl groups excluding tert-OH is 1. The Morgan fingerprint density at radius 1 is 1.42 bits per heavy atom. The molecule has 0 aromatic carbocycles. The first-order valence-corrected chi connectivity index (χ1v) is 8.85. The molecule has 19 heavy (non-hydrogen) atoms. The van der Waals surface area contributed by atoms with Gasteiger partial charge >= 0.3 is 0 Å². The monoisotopic (exact) mass is 426 g/mol. The molecule has 0 aliphatic carbocycles. The Kier molecular flexibility index (Phi) is 4.62. The number of hydrogen-bond donors (Lipinski definition) is 2. The van der Waals surface area contributed by atoms with Gasteiger partial charge in [-0.15, -0.1) is 11.3 Å². The van der Waals surface area contributed by atoms with E-state index >= 15 is 0 Å². The van der Waals surface area contributed by atoms with Gasteiger partial charge in [0.1, 0.15) is 4.90 Å². The van der Waals surface area contributed by atoms with Crippen molar-refractivity contribution in [3.05, 3.63) is 37.5 Å². The van der Waals surface area contributed by atoms with Gasteiger partial charge < -0.3 is 5.11 Å².